The van der Waals surface area contributed by atoms with Gasteiger partial charge in [-0.3, -0.25) is 14.6 Å². The molecule has 0 radical (unpaired) electrons. The lowest BCUT2D eigenvalue weighted by molar-refractivity contribution is -0.139. The van der Waals surface area contributed by atoms with Crippen LogP contribution in [0.3, 0.4) is 0 Å². The molecule has 34 heavy (non-hydrogen) atoms. The second-order valence-electron chi connectivity index (χ2n) is 7.56. The zero-order chi connectivity index (χ0) is 24.7. The van der Waals surface area contributed by atoms with Crippen molar-refractivity contribution in [3.8, 4) is 0 Å². The summed E-state index contributed by atoms with van der Waals surface area (Å²) in [4.78, 5) is 28.3. The standard InChI is InChI=1S/C23H15F6N3O2/c24-22(25,26)15-7-5-12(6-8-15)19(20-16(23(27,28)29)2-1-9-30-20)32-21(34)14-4-3-13-11-18(33)31-17(13)10-14/h1-10,19H,11H2,(H,31,33)(H,32,34). The van der Waals surface area contributed by atoms with Crippen LogP contribution in [-0.4, -0.2) is 16.8 Å². The van der Waals surface area contributed by atoms with Gasteiger partial charge in [-0.05, 0) is 47.5 Å². The van der Waals surface area contributed by atoms with Crippen LogP contribution in [0, 0.1) is 0 Å². The van der Waals surface area contributed by atoms with Gasteiger partial charge in [-0.1, -0.05) is 18.2 Å². The van der Waals surface area contributed by atoms with Crippen molar-refractivity contribution in [3.63, 3.8) is 0 Å². The summed E-state index contributed by atoms with van der Waals surface area (Å²) in [6, 6.07) is 8.08. The number of rotatable bonds is 4. The number of pyridine rings is 1. The molecule has 176 valence electrons. The van der Waals surface area contributed by atoms with E-state index in [-0.39, 0.29) is 23.5 Å². The highest BCUT2D eigenvalue weighted by Crippen LogP contribution is 2.37. The zero-order valence-electron chi connectivity index (χ0n) is 17.1. The largest absolute Gasteiger partial charge is 0.418 e. The van der Waals surface area contributed by atoms with E-state index in [0.29, 0.717) is 11.3 Å². The van der Waals surface area contributed by atoms with Gasteiger partial charge in [0.25, 0.3) is 5.91 Å². The van der Waals surface area contributed by atoms with Crippen LogP contribution >= 0.6 is 0 Å². The van der Waals surface area contributed by atoms with E-state index in [1.807, 2.05) is 0 Å². The molecule has 2 N–H and O–H groups in total. The Morgan fingerprint density at radius 3 is 2.32 bits per heavy atom. The Bertz CT molecular complexity index is 1250. The minimum Gasteiger partial charge on any atom is -0.340 e. The van der Waals surface area contributed by atoms with Gasteiger partial charge in [0, 0.05) is 17.4 Å². The number of carbonyl (C=O) groups is 2. The molecule has 0 bridgehead atoms. The smallest absolute Gasteiger partial charge is 0.340 e. The summed E-state index contributed by atoms with van der Waals surface area (Å²) in [5, 5.41) is 5.02. The van der Waals surface area contributed by atoms with Crippen molar-refractivity contribution in [2.24, 2.45) is 0 Å². The molecule has 0 spiro atoms. The fourth-order valence-electron chi connectivity index (χ4n) is 3.63. The van der Waals surface area contributed by atoms with Gasteiger partial charge in [-0.15, -0.1) is 0 Å². The van der Waals surface area contributed by atoms with E-state index in [1.54, 1.807) is 0 Å². The molecule has 0 saturated heterocycles. The molecule has 2 heterocycles. The average Bonchev–Trinajstić information content (AvgIpc) is 3.15. The molecule has 0 saturated carbocycles. The third kappa shape index (κ3) is 4.73. The maximum absolute atomic E-state index is 13.7. The maximum Gasteiger partial charge on any atom is 0.418 e. The number of hydrogen-bond donors (Lipinski definition) is 2. The monoisotopic (exact) mass is 479 g/mol. The van der Waals surface area contributed by atoms with Crippen LogP contribution in [0.4, 0.5) is 32.0 Å². The maximum atomic E-state index is 13.7. The molecule has 11 heteroatoms. The number of fused-ring (bicyclic) bond motifs is 1. The molecular weight excluding hydrogens is 464 g/mol. The van der Waals surface area contributed by atoms with Crippen molar-refractivity contribution in [1.29, 1.82) is 0 Å². The Labute approximate surface area is 188 Å². The van der Waals surface area contributed by atoms with Crippen LogP contribution in [-0.2, 0) is 23.6 Å². The molecule has 2 aromatic carbocycles. The van der Waals surface area contributed by atoms with Crippen molar-refractivity contribution in [2.45, 2.75) is 24.8 Å². The van der Waals surface area contributed by atoms with Crippen molar-refractivity contribution >= 4 is 17.5 Å². The summed E-state index contributed by atoms with van der Waals surface area (Å²) in [6.07, 6.45) is -8.24. The van der Waals surface area contributed by atoms with Gasteiger partial charge >= 0.3 is 12.4 Å². The molecule has 1 unspecified atom stereocenters. The number of benzene rings is 2. The van der Waals surface area contributed by atoms with Crippen LogP contribution < -0.4 is 10.6 Å². The predicted molar refractivity (Wildman–Crippen MR) is 109 cm³/mol. The Morgan fingerprint density at radius 2 is 1.68 bits per heavy atom. The van der Waals surface area contributed by atoms with Crippen LogP contribution in [0.15, 0.2) is 60.8 Å². The fourth-order valence-corrected chi connectivity index (χ4v) is 3.63. The van der Waals surface area contributed by atoms with Crippen LogP contribution in [0.2, 0.25) is 0 Å². The molecular formula is C23H15F6N3O2. The third-order valence-corrected chi connectivity index (χ3v) is 5.26. The third-order valence-electron chi connectivity index (χ3n) is 5.26. The van der Waals surface area contributed by atoms with Crippen molar-refractivity contribution in [1.82, 2.24) is 10.3 Å². The number of amides is 2. The summed E-state index contributed by atoms with van der Waals surface area (Å²) >= 11 is 0. The quantitative estimate of drug-likeness (QED) is 0.510. The summed E-state index contributed by atoms with van der Waals surface area (Å²) in [7, 11) is 0. The van der Waals surface area contributed by atoms with Gasteiger partial charge in [0.2, 0.25) is 5.91 Å². The minimum absolute atomic E-state index is 0.0278. The minimum atomic E-state index is -4.82. The lowest BCUT2D eigenvalue weighted by Crippen LogP contribution is -2.31. The van der Waals surface area contributed by atoms with Gasteiger partial charge in [0.1, 0.15) is 0 Å². The first kappa shape index (κ1) is 23.3. The predicted octanol–water partition coefficient (Wildman–Crippen LogP) is 5.13. The summed E-state index contributed by atoms with van der Waals surface area (Å²) in [5.41, 5.74) is -1.63. The van der Waals surface area contributed by atoms with Gasteiger partial charge in [-0.25, -0.2) is 0 Å². The second kappa shape index (κ2) is 8.47. The number of nitrogens with zero attached hydrogens (tertiary/aromatic N) is 1. The van der Waals surface area contributed by atoms with Crippen molar-refractivity contribution in [2.75, 3.05) is 5.32 Å². The molecule has 3 aromatic rings. The highest BCUT2D eigenvalue weighted by molar-refractivity contribution is 6.02. The Balaban J connectivity index is 1.74. The van der Waals surface area contributed by atoms with E-state index < -0.39 is 41.1 Å². The van der Waals surface area contributed by atoms with E-state index in [0.717, 1.165) is 42.6 Å². The van der Waals surface area contributed by atoms with Crippen LogP contribution in [0.25, 0.3) is 0 Å². The van der Waals surface area contributed by atoms with Gasteiger partial charge < -0.3 is 10.6 Å². The molecule has 4 rings (SSSR count). The summed E-state index contributed by atoms with van der Waals surface area (Å²) < 4.78 is 79.9. The second-order valence-corrected chi connectivity index (χ2v) is 7.56. The van der Waals surface area contributed by atoms with Crippen molar-refractivity contribution < 1.29 is 35.9 Å². The molecule has 0 fully saturated rings. The van der Waals surface area contributed by atoms with E-state index in [1.165, 1.54) is 18.2 Å². The number of anilines is 1. The van der Waals surface area contributed by atoms with E-state index in [9.17, 15) is 35.9 Å². The molecule has 2 amide bonds. The lowest BCUT2D eigenvalue weighted by atomic mass is 9.97. The fraction of sp³-hybridized carbons (Fsp3) is 0.174. The Morgan fingerprint density at radius 1 is 0.971 bits per heavy atom. The number of nitrogens with one attached hydrogen (secondary N) is 2. The first-order valence-electron chi connectivity index (χ1n) is 9.86. The normalized spacial score (nSPS) is 14.4. The summed E-state index contributed by atoms with van der Waals surface area (Å²) in [6.45, 7) is 0. The van der Waals surface area contributed by atoms with E-state index >= 15 is 0 Å². The lowest BCUT2D eigenvalue weighted by Gasteiger charge is -2.23. The number of alkyl halides is 6. The van der Waals surface area contributed by atoms with Gasteiger partial charge in [0.05, 0.1) is 29.3 Å². The van der Waals surface area contributed by atoms with Crippen LogP contribution in [0.1, 0.15) is 44.3 Å². The number of aromatic nitrogens is 1. The number of hydrogen-bond acceptors (Lipinski definition) is 3. The Kier molecular flexibility index (Phi) is 5.80. The first-order valence-corrected chi connectivity index (χ1v) is 9.86. The highest BCUT2D eigenvalue weighted by atomic mass is 19.4. The molecule has 1 aromatic heterocycles. The zero-order valence-corrected chi connectivity index (χ0v) is 17.1. The number of carbonyl (C=O) groups excluding carboxylic acids is 2. The van der Waals surface area contributed by atoms with Gasteiger partial charge in [0.15, 0.2) is 0 Å². The molecule has 1 atom stereocenters. The van der Waals surface area contributed by atoms with Crippen molar-refractivity contribution in [3.05, 3.63) is 94.3 Å². The van der Waals surface area contributed by atoms with Crippen LogP contribution in [0.5, 0.6) is 0 Å². The SMILES string of the molecule is O=C1Cc2ccc(C(=O)NC(c3ccc(C(F)(F)F)cc3)c3ncccc3C(F)(F)F)cc2N1. The van der Waals surface area contributed by atoms with Gasteiger partial charge in [-0.2, -0.15) is 26.3 Å². The molecule has 0 aliphatic carbocycles. The highest BCUT2D eigenvalue weighted by Gasteiger charge is 2.37. The average molecular weight is 479 g/mol. The molecule has 1 aliphatic heterocycles. The Hall–Kier alpha value is -3.89. The number of halogens is 6. The van der Waals surface area contributed by atoms with E-state index in [4.69, 9.17) is 0 Å². The molecule has 1 aliphatic rings. The van der Waals surface area contributed by atoms with E-state index in [2.05, 4.69) is 15.6 Å². The summed E-state index contributed by atoms with van der Waals surface area (Å²) in [5.74, 6) is -1.06. The molecule has 5 nitrogen and oxygen atoms in total. The first-order chi connectivity index (χ1) is 15.9. The topological polar surface area (TPSA) is 71.1 Å².